The molecule has 0 spiro atoms. The number of phenols is 1. The van der Waals surface area contributed by atoms with Crippen LogP contribution in [0.1, 0.15) is 15.9 Å². The van der Waals surface area contributed by atoms with Gasteiger partial charge in [0.25, 0.3) is 0 Å². The smallest absolute Gasteiger partial charge is 0.341 e. The molecule has 0 amide bonds. The highest BCUT2D eigenvalue weighted by Crippen LogP contribution is 2.24. The number of ether oxygens (including phenoxy) is 3. The van der Waals surface area contributed by atoms with Crippen LogP contribution >= 0.6 is 0 Å². The molecule has 2 aromatic carbocycles. The van der Waals surface area contributed by atoms with E-state index in [2.05, 4.69) is 4.74 Å². The molecule has 0 saturated carbocycles. The fourth-order valence-corrected chi connectivity index (χ4v) is 1.87. The van der Waals surface area contributed by atoms with E-state index in [0.717, 1.165) is 5.56 Å². The van der Waals surface area contributed by atoms with Gasteiger partial charge in [-0.1, -0.05) is 30.3 Å². The molecule has 5 nitrogen and oxygen atoms in total. The molecular weight excluding hydrogens is 284 g/mol. The lowest BCUT2D eigenvalue weighted by Gasteiger charge is -2.09. The second-order valence-electron chi connectivity index (χ2n) is 4.56. The summed E-state index contributed by atoms with van der Waals surface area (Å²) >= 11 is 0. The lowest BCUT2D eigenvalue weighted by Crippen LogP contribution is -2.07. The highest BCUT2D eigenvalue weighted by atomic mass is 16.5. The lowest BCUT2D eigenvalue weighted by molar-refractivity contribution is 0.0597. The molecule has 0 aliphatic carbocycles. The zero-order valence-corrected chi connectivity index (χ0v) is 12.3. The van der Waals surface area contributed by atoms with Crippen molar-refractivity contribution < 1.29 is 24.1 Å². The van der Waals surface area contributed by atoms with Crippen molar-refractivity contribution in [2.24, 2.45) is 0 Å². The fourth-order valence-electron chi connectivity index (χ4n) is 1.87. The van der Waals surface area contributed by atoms with E-state index >= 15 is 0 Å². The van der Waals surface area contributed by atoms with Gasteiger partial charge in [-0.05, 0) is 17.7 Å². The van der Waals surface area contributed by atoms with Gasteiger partial charge in [-0.3, -0.25) is 0 Å². The maximum atomic E-state index is 11.3. The number of methoxy groups -OCH3 is 1. The highest BCUT2D eigenvalue weighted by Gasteiger charge is 2.11. The summed E-state index contributed by atoms with van der Waals surface area (Å²) < 4.78 is 15.5. The largest absolute Gasteiger partial charge is 0.507 e. The molecule has 0 bridgehead atoms. The highest BCUT2D eigenvalue weighted by molar-refractivity contribution is 5.92. The van der Waals surface area contributed by atoms with Gasteiger partial charge in [0, 0.05) is 6.07 Å². The first-order valence-corrected chi connectivity index (χ1v) is 6.86. The minimum absolute atomic E-state index is 0.107. The van der Waals surface area contributed by atoms with E-state index in [-0.39, 0.29) is 11.3 Å². The fraction of sp³-hybridized carbons (Fsp3) is 0.235. The summed E-state index contributed by atoms with van der Waals surface area (Å²) in [6.07, 6.45) is 0. The van der Waals surface area contributed by atoms with Gasteiger partial charge in [0.2, 0.25) is 0 Å². The summed E-state index contributed by atoms with van der Waals surface area (Å²) in [5.41, 5.74) is 1.21. The molecule has 0 unspecified atom stereocenters. The SMILES string of the molecule is COC(=O)c1ccc(OCCOCc2ccccc2)cc1O. The van der Waals surface area contributed by atoms with Crippen LogP contribution in [0.25, 0.3) is 0 Å². The third-order valence-corrected chi connectivity index (χ3v) is 2.98. The van der Waals surface area contributed by atoms with Crippen molar-refractivity contribution in [2.75, 3.05) is 20.3 Å². The van der Waals surface area contributed by atoms with Gasteiger partial charge in [0.15, 0.2) is 0 Å². The third kappa shape index (κ3) is 4.49. The molecule has 0 fully saturated rings. The van der Waals surface area contributed by atoms with E-state index in [1.807, 2.05) is 30.3 Å². The van der Waals surface area contributed by atoms with Crippen LogP contribution in [-0.4, -0.2) is 31.4 Å². The Labute approximate surface area is 129 Å². The van der Waals surface area contributed by atoms with Crippen LogP contribution in [0.2, 0.25) is 0 Å². The number of rotatable bonds is 7. The van der Waals surface area contributed by atoms with E-state index in [0.29, 0.717) is 25.6 Å². The number of esters is 1. The summed E-state index contributed by atoms with van der Waals surface area (Å²) in [6, 6.07) is 14.3. The first kappa shape index (κ1) is 15.9. The summed E-state index contributed by atoms with van der Waals surface area (Å²) in [4.78, 5) is 11.3. The Balaban J connectivity index is 1.75. The number of carbonyl (C=O) groups is 1. The number of hydrogen-bond acceptors (Lipinski definition) is 5. The van der Waals surface area contributed by atoms with Crippen LogP contribution in [-0.2, 0) is 16.1 Å². The summed E-state index contributed by atoms with van der Waals surface area (Å²) in [7, 11) is 1.26. The molecule has 0 aliphatic rings. The number of phenolic OH excluding ortho intramolecular Hbond substituents is 1. The van der Waals surface area contributed by atoms with Gasteiger partial charge in [-0.15, -0.1) is 0 Å². The minimum Gasteiger partial charge on any atom is -0.507 e. The second-order valence-corrected chi connectivity index (χ2v) is 4.56. The molecule has 22 heavy (non-hydrogen) atoms. The van der Waals surface area contributed by atoms with Gasteiger partial charge in [-0.25, -0.2) is 4.79 Å². The van der Waals surface area contributed by atoms with E-state index in [4.69, 9.17) is 9.47 Å². The summed E-state index contributed by atoms with van der Waals surface area (Å²) in [5, 5.41) is 9.73. The first-order chi connectivity index (χ1) is 10.7. The second kappa shape index (κ2) is 8.05. The van der Waals surface area contributed by atoms with Crippen LogP contribution in [0.3, 0.4) is 0 Å². The Morgan fingerprint density at radius 2 is 1.86 bits per heavy atom. The zero-order chi connectivity index (χ0) is 15.8. The predicted octanol–water partition coefficient (Wildman–Crippen LogP) is 2.77. The average molecular weight is 302 g/mol. The Bertz CT molecular complexity index is 610. The summed E-state index contributed by atoms with van der Waals surface area (Å²) in [6.45, 7) is 1.30. The monoisotopic (exact) mass is 302 g/mol. The van der Waals surface area contributed by atoms with Gasteiger partial charge >= 0.3 is 5.97 Å². The van der Waals surface area contributed by atoms with Gasteiger partial charge in [0.05, 0.1) is 20.3 Å². The minimum atomic E-state index is -0.588. The van der Waals surface area contributed by atoms with Gasteiger partial charge in [0.1, 0.15) is 23.7 Å². The molecule has 0 aliphatic heterocycles. The Morgan fingerprint density at radius 3 is 2.55 bits per heavy atom. The van der Waals surface area contributed by atoms with Crippen molar-refractivity contribution in [1.29, 1.82) is 0 Å². The predicted molar refractivity (Wildman–Crippen MR) is 81.0 cm³/mol. The molecule has 1 N–H and O–H groups in total. The van der Waals surface area contributed by atoms with Crippen LogP contribution in [0.15, 0.2) is 48.5 Å². The maximum absolute atomic E-state index is 11.3. The lowest BCUT2D eigenvalue weighted by atomic mass is 10.2. The van der Waals surface area contributed by atoms with Crippen molar-refractivity contribution >= 4 is 5.97 Å². The topological polar surface area (TPSA) is 65.0 Å². The Kier molecular flexibility index (Phi) is 5.80. The Morgan fingerprint density at radius 1 is 1.09 bits per heavy atom. The van der Waals surface area contributed by atoms with Crippen molar-refractivity contribution in [1.82, 2.24) is 0 Å². The van der Waals surface area contributed by atoms with Crippen LogP contribution in [0.4, 0.5) is 0 Å². The maximum Gasteiger partial charge on any atom is 0.341 e. The molecule has 0 atom stereocenters. The van der Waals surface area contributed by atoms with E-state index in [1.54, 1.807) is 6.07 Å². The van der Waals surface area contributed by atoms with Crippen LogP contribution < -0.4 is 4.74 Å². The molecular formula is C17H18O5. The quantitative estimate of drug-likeness (QED) is 0.629. The van der Waals surface area contributed by atoms with Crippen molar-refractivity contribution in [3.8, 4) is 11.5 Å². The van der Waals surface area contributed by atoms with Crippen molar-refractivity contribution in [3.05, 3.63) is 59.7 Å². The van der Waals surface area contributed by atoms with Gasteiger partial charge < -0.3 is 19.3 Å². The molecule has 0 radical (unpaired) electrons. The molecule has 0 heterocycles. The molecule has 2 aromatic rings. The molecule has 2 rings (SSSR count). The normalized spacial score (nSPS) is 10.2. The van der Waals surface area contributed by atoms with Gasteiger partial charge in [-0.2, -0.15) is 0 Å². The zero-order valence-electron chi connectivity index (χ0n) is 12.3. The van der Waals surface area contributed by atoms with E-state index in [1.165, 1.54) is 19.2 Å². The number of carbonyl (C=O) groups excluding carboxylic acids is 1. The van der Waals surface area contributed by atoms with E-state index < -0.39 is 5.97 Å². The third-order valence-electron chi connectivity index (χ3n) is 2.98. The van der Waals surface area contributed by atoms with Crippen molar-refractivity contribution in [3.63, 3.8) is 0 Å². The molecule has 0 aromatic heterocycles. The summed E-state index contributed by atoms with van der Waals surface area (Å²) in [5.74, 6) is -0.293. The average Bonchev–Trinajstić information content (AvgIpc) is 2.55. The number of benzene rings is 2. The Hall–Kier alpha value is -2.53. The number of hydrogen-bond donors (Lipinski definition) is 1. The van der Waals surface area contributed by atoms with E-state index in [9.17, 15) is 9.90 Å². The molecule has 5 heteroatoms. The first-order valence-electron chi connectivity index (χ1n) is 6.86. The number of aromatic hydroxyl groups is 1. The van der Waals surface area contributed by atoms with Crippen LogP contribution in [0, 0.1) is 0 Å². The van der Waals surface area contributed by atoms with Crippen LogP contribution in [0.5, 0.6) is 11.5 Å². The molecule has 116 valence electrons. The molecule has 0 saturated heterocycles. The van der Waals surface area contributed by atoms with Crippen molar-refractivity contribution in [2.45, 2.75) is 6.61 Å². The standard InChI is InChI=1S/C17H18O5/c1-20-17(19)15-8-7-14(11-16(15)18)22-10-9-21-12-13-5-3-2-4-6-13/h2-8,11,18H,9-10,12H2,1H3.